The number of methoxy groups -OCH3 is 1. The third-order valence-electron chi connectivity index (χ3n) is 6.55. The highest BCUT2D eigenvalue weighted by Gasteiger charge is 2.25. The molecule has 1 aromatic carbocycles. The number of aliphatic hydroxyl groups is 1. The van der Waals surface area contributed by atoms with Gasteiger partial charge in [0.05, 0.1) is 12.7 Å². The molecule has 38 heavy (non-hydrogen) atoms. The van der Waals surface area contributed by atoms with Crippen LogP contribution >= 0.6 is 0 Å². The van der Waals surface area contributed by atoms with Gasteiger partial charge in [-0.05, 0) is 52.2 Å². The van der Waals surface area contributed by atoms with Crippen molar-refractivity contribution in [2.75, 3.05) is 24.9 Å². The van der Waals surface area contributed by atoms with E-state index in [1.54, 1.807) is 37.9 Å². The van der Waals surface area contributed by atoms with E-state index in [1.807, 2.05) is 6.92 Å². The number of anilines is 1. The molecule has 0 spiro atoms. The standard InChI is InChI=1S/C25H32FN7O3.C2H2/c1-14(32(4)23(34)18-10-9-15(13-28-18)25(2,3)35)7-6-8-20-29-22-17-11-16(26)12-19(36-5)21(17)30-24(27)33(22)31-20;1-2/h9-14,20,27,29,31,35H,6-8H2,1-5H3;1-2H/t14-,20?;/m0./s1. The molecular weight excluding hydrogens is 489 g/mol. The fourth-order valence-electron chi connectivity index (χ4n) is 4.24. The molecule has 4 N–H and O–H groups in total. The number of halogens is 1. The second-order valence-electron chi connectivity index (χ2n) is 9.64. The Morgan fingerprint density at radius 2 is 2.08 bits per heavy atom. The number of pyridine rings is 1. The summed E-state index contributed by atoms with van der Waals surface area (Å²) >= 11 is 0. The molecule has 2 atom stereocenters. The zero-order chi connectivity index (χ0) is 28.2. The minimum Gasteiger partial charge on any atom is -0.494 e. The minimum atomic E-state index is -1.02. The van der Waals surface area contributed by atoms with E-state index >= 15 is 0 Å². The Balaban J connectivity index is 0.00000195. The second kappa shape index (κ2) is 11.5. The molecular formula is C27H34FN7O3. The van der Waals surface area contributed by atoms with Gasteiger partial charge >= 0.3 is 0 Å². The Kier molecular flexibility index (Phi) is 8.58. The number of rotatable bonds is 8. The molecule has 10 nitrogen and oxygen atoms in total. The third-order valence-corrected chi connectivity index (χ3v) is 6.55. The number of fused-ring (bicyclic) bond motifs is 3. The van der Waals surface area contributed by atoms with Gasteiger partial charge in [-0.2, -0.15) is 0 Å². The fraction of sp³-hybridized carbons (Fsp3) is 0.407. The number of amides is 1. The van der Waals surface area contributed by atoms with Crippen LogP contribution in [0.5, 0.6) is 5.75 Å². The summed E-state index contributed by atoms with van der Waals surface area (Å²) in [4.78, 5) is 23.0. The molecule has 0 bridgehead atoms. The number of carbonyl (C=O) groups is 1. The molecule has 3 heterocycles. The molecule has 1 aliphatic heterocycles. The Labute approximate surface area is 221 Å². The van der Waals surface area contributed by atoms with Gasteiger partial charge in [0.25, 0.3) is 5.91 Å². The summed E-state index contributed by atoms with van der Waals surface area (Å²) in [6.07, 6.45) is 11.6. The van der Waals surface area contributed by atoms with Crippen LogP contribution in [0.3, 0.4) is 0 Å². The normalized spacial score (nSPS) is 14.9. The van der Waals surface area contributed by atoms with Gasteiger partial charge in [0.1, 0.15) is 34.8 Å². The SMILES string of the molecule is C#C.COc1cc(F)cc2c3n(c(=N)nc12)NC(CCC[C@H](C)N(C)C(=O)c1ccc(C(C)(C)O)cn1)N3. The van der Waals surface area contributed by atoms with Crippen molar-refractivity contribution < 1.29 is 19.0 Å². The first-order chi connectivity index (χ1) is 18.0. The highest BCUT2D eigenvalue weighted by atomic mass is 19.1. The third kappa shape index (κ3) is 5.86. The molecule has 1 amide bonds. The van der Waals surface area contributed by atoms with Crippen molar-refractivity contribution in [3.8, 4) is 18.6 Å². The van der Waals surface area contributed by atoms with Crippen LogP contribution in [0.25, 0.3) is 10.9 Å². The molecule has 0 aliphatic carbocycles. The first kappa shape index (κ1) is 28.4. The van der Waals surface area contributed by atoms with Gasteiger partial charge in [-0.1, -0.05) is 6.07 Å². The first-order valence-electron chi connectivity index (χ1n) is 12.2. The summed E-state index contributed by atoms with van der Waals surface area (Å²) in [5.74, 6) is 0.210. The van der Waals surface area contributed by atoms with Crippen LogP contribution in [0.4, 0.5) is 10.2 Å². The molecule has 11 heteroatoms. The zero-order valence-corrected chi connectivity index (χ0v) is 22.2. The van der Waals surface area contributed by atoms with Crippen LogP contribution in [-0.2, 0) is 5.60 Å². The second-order valence-corrected chi connectivity index (χ2v) is 9.64. The molecule has 1 aliphatic rings. The van der Waals surface area contributed by atoms with Crippen LogP contribution in [0, 0.1) is 24.1 Å². The molecule has 202 valence electrons. The number of nitrogens with one attached hydrogen (secondary N) is 3. The lowest BCUT2D eigenvalue weighted by molar-refractivity contribution is 0.0720. The van der Waals surface area contributed by atoms with E-state index < -0.39 is 11.4 Å². The largest absolute Gasteiger partial charge is 0.494 e. The van der Waals surface area contributed by atoms with Crippen molar-refractivity contribution >= 4 is 22.6 Å². The Hall–Kier alpha value is -4.17. The van der Waals surface area contributed by atoms with Crippen molar-refractivity contribution in [3.63, 3.8) is 0 Å². The van der Waals surface area contributed by atoms with Gasteiger partial charge < -0.3 is 20.1 Å². The number of carbonyl (C=O) groups excluding carboxylic acids is 1. The fourth-order valence-corrected chi connectivity index (χ4v) is 4.24. The smallest absolute Gasteiger partial charge is 0.272 e. The number of nitrogens with zero attached hydrogens (tertiary/aromatic N) is 4. The lowest BCUT2D eigenvalue weighted by Crippen LogP contribution is -2.36. The number of aromatic nitrogens is 3. The first-order valence-corrected chi connectivity index (χ1v) is 12.2. The Bertz CT molecular complexity index is 1380. The maximum Gasteiger partial charge on any atom is 0.272 e. The molecule has 3 aromatic rings. The van der Waals surface area contributed by atoms with Crippen molar-refractivity contribution in [3.05, 3.63) is 53.2 Å². The highest BCUT2D eigenvalue weighted by molar-refractivity contribution is 5.94. The predicted molar refractivity (Wildman–Crippen MR) is 144 cm³/mol. The number of ether oxygens (including phenoxy) is 1. The number of benzene rings is 1. The van der Waals surface area contributed by atoms with Crippen LogP contribution in [-0.4, -0.2) is 56.9 Å². The predicted octanol–water partition coefficient (Wildman–Crippen LogP) is 3.16. The van der Waals surface area contributed by atoms with Crippen molar-refractivity contribution in [1.82, 2.24) is 19.5 Å². The molecule has 4 rings (SSSR count). The van der Waals surface area contributed by atoms with E-state index in [0.717, 1.165) is 12.8 Å². The summed E-state index contributed by atoms with van der Waals surface area (Å²) in [7, 11) is 3.20. The highest BCUT2D eigenvalue weighted by Crippen LogP contribution is 2.31. The van der Waals surface area contributed by atoms with Crippen molar-refractivity contribution in [2.45, 2.75) is 57.8 Å². The topological polar surface area (TPSA) is 128 Å². The quantitative estimate of drug-likeness (QED) is 0.334. The Morgan fingerprint density at radius 3 is 2.68 bits per heavy atom. The van der Waals surface area contributed by atoms with E-state index in [9.17, 15) is 14.3 Å². The maximum absolute atomic E-state index is 14.1. The van der Waals surface area contributed by atoms with Crippen LogP contribution in [0.2, 0.25) is 0 Å². The van der Waals surface area contributed by atoms with E-state index in [4.69, 9.17) is 10.1 Å². The summed E-state index contributed by atoms with van der Waals surface area (Å²) < 4.78 is 20.9. The zero-order valence-electron chi connectivity index (χ0n) is 22.2. The molecule has 0 radical (unpaired) electrons. The van der Waals surface area contributed by atoms with Crippen molar-refractivity contribution in [2.24, 2.45) is 0 Å². The summed E-state index contributed by atoms with van der Waals surface area (Å²) in [5, 5.41) is 22.2. The average molecular weight is 524 g/mol. The average Bonchev–Trinajstić information content (AvgIpc) is 3.34. The molecule has 1 unspecified atom stereocenters. The van der Waals surface area contributed by atoms with Crippen LogP contribution in [0.15, 0.2) is 30.5 Å². The molecule has 0 fully saturated rings. The van der Waals surface area contributed by atoms with Gasteiger partial charge in [-0.15, -0.1) is 12.8 Å². The monoisotopic (exact) mass is 523 g/mol. The van der Waals surface area contributed by atoms with Gasteiger partial charge in [-0.25, -0.2) is 14.1 Å². The van der Waals surface area contributed by atoms with Crippen LogP contribution in [0.1, 0.15) is 56.1 Å². The van der Waals surface area contributed by atoms with Gasteiger partial charge in [0.2, 0.25) is 5.62 Å². The van der Waals surface area contributed by atoms with Gasteiger partial charge in [0, 0.05) is 36.3 Å². The lowest BCUT2D eigenvalue weighted by atomic mass is 10.0. The summed E-state index contributed by atoms with van der Waals surface area (Å²) in [6.45, 7) is 5.32. The van der Waals surface area contributed by atoms with Gasteiger partial charge in [0.15, 0.2) is 0 Å². The summed E-state index contributed by atoms with van der Waals surface area (Å²) in [6, 6.07) is 5.94. The van der Waals surface area contributed by atoms with E-state index in [1.165, 1.54) is 30.1 Å². The van der Waals surface area contributed by atoms with E-state index in [2.05, 4.69) is 33.6 Å². The van der Waals surface area contributed by atoms with Crippen molar-refractivity contribution in [1.29, 1.82) is 5.41 Å². The molecule has 2 aromatic heterocycles. The number of terminal acetylenes is 1. The summed E-state index contributed by atoms with van der Waals surface area (Å²) in [5.41, 5.74) is 3.56. The van der Waals surface area contributed by atoms with E-state index in [0.29, 0.717) is 34.4 Å². The number of hydrogen-bond donors (Lipinski definition) is 4. The molecule has 0 saturated heterocycles. The van der Waals surface area contributed by atoms with Gasteiger partial charge in [-0.3, -0.25) is 20.6 Å². The van der Waals surface area contributed by atoms with Crippen LogP contribution < -0.4 is 21.1 Å². The lowest BCUT2D eigenvalue weighted by Gasteiger charge is -2.25. The number of hydrogen-bond acceptors (Lipinski definition) is 8. The maximum atomic E-state index is 14.1. The Morgan fingerprint density at radius 1 is 1.37 bits per heavy atom. The molecule has 0 saturated carbocycles. The minimum absolute atomic E-state index is 0.0146. The van der Waals surface area contributed by atoms with E-state index in [-0.39, 0.29) is 29.5 Å².